The van der Waals surface area contributed by atoms with Crippen molar-refractivity contribution in [2.75, 3.05) is 26.4 Å². The van der Waals surface area contributed by atoms with Crippen molar-refractivity contribution >= 4 is 0 Å². The van der Waals surface area contributed by atoms with Crippen molar-refractivity contribution in [1.82, 2.24) is 5.32 Å². The highest BCUT2D eigenvalue weighted by Crippen LogP contribution is 2.36. The summed E-state index contributed by atoms with van der Waals surface area (Å²) in [6.45, 7) is 7.08. The molecule has 0 aromatic carbocycles. The summed E-state index contributed by atoms with van der Waals surface area (Å²) < 4.78 is 5.20. The number of hydrogen-bond acceptors (Lipinski definition) is 3. The standard InChI is InChI=1S/C12H25NO2/c1-12(2)5-4-11(10-12)13-6-3-8-15-9-7-14/h11,13-14H,3-10H2,1-2H3. The molecule has 1 fully saturated rings. The number of hydrogen-bond donors (Lipinski definition) is 2. The van der Waals surface area contributed by atoms with Crippen molar-refractivity contribution in [1.29, 1.82) is 0 Å². The van der Waals surface area contributed by atoms with Crippen LogP contribution in [0.25, 0.3) is 0 Å². The molecule has 1 rings (SSSR count). The summed E-state index contributed by atoms with van der Waals surface area (Å²) in [7, 11) is 0. The third-order valence-electron chi connectivity index (χ3n) is 3.10. The molecule has 0 aromatic heterocycles. The van der Waals surface area contributed by atoms with Crippen LogP contribution in [0.5, 0.6) is 0 Å². The first kappa shape index (κ1) is 12.9. The summed E-state index contributed by atoms with van der Waals surface area (Å²) in [5.41, 5.74) is 0.533. The van der Waals surface area contributed by atoms with E-state index in [9.17, 15) is 0 Å². The van der Waals surface area contributed by atoms with E-state index in [1.54, 1.807) is 0 Å². The van der Waals surface area contributed by atoms with Gasteiger partial charge < -0.3 is 15.2 Å². The maximum absolute atomic E-state index is 8.51. The highest BCUT2D eigenvalue weighted by Gasteiger charge is 2.30. The fourth-order valence-corrected chi connectivity index (χ4v) is 2.26. The monoisotopic (exact) mass is 215 g/mol. The lowest BCUT2D eigenvalue weighted by Crippen LogP contribution is -2.29. The predicted molar refractivity (Wildman–Crippen MR) is 61.9 cm³/mol. The number of aliphatic hydroxyl groups excluding tert-OH is 1. The van der Waals surface area contributed by atoms with E-state index in [-0.39, 0.29) is 6.61 Å². The van der Waals surface area contributed by atoms with Crippen molar-refractivity contribution in [3.8, 4) is 0 Å². The molecule has 3 nitrogen and oxygen atoms in total. The molecule has 1 aliphatic rings. The van der Waals surface area contributed by atoms with Crippen LogP contribution in [0, 0.1) is 5.41 Å². The Morgan fingerprint density at radius 3 is 2.80 bits per heavy atom. The van der Waals surface area contributed by atoms with Crippen LogP contribution in [-0.2, 0) is 4.74 Å². The van der Waals surface area contributed by atoms with E-state index >= 15 is 0 Å². The van der Waals surface area contributed by atoms with Gasteiger partial charge in [0, 0.05) is 12.6 Å². The smallest absolute Gasteiger partial charge is 0.0697 e. The molecule has 3 heteroatoms. The minimum Gasteiger partial charge on any atom is -0.394 e. The van der Waals surface area contributed by atoms with Crippen LogP contribution in [0.2, 0.25) is 0 Å². The minimum absolute atomic E-state index is 0.129. The molecular weight excluding hydrogens is 190 g/mol. The average molecular weight is 215 g/mol. The Hall–Kier alpha value is -0.120. The number of ether oxygens (including phenoxy) is 1. The number of rotatable bonds is 7. The summed E-state index contributed by atoms with van der Waals surface area (Å²) >= 11 is 0. The summed E-state index contributed by atoms with van der Waals surface area (Å²) in [6, 6.07) is 0.706. The van der Waals surface area contributed by atoms with Crippen LogP contribution in [-0.4, -0.2) is 37.5 Å². The van der Waals surface area contributed by atoms with Gasteiger partial charge in [-0.25, -0.2) is 0 Å². The van der Waals surface area contributed by atoms with Gasteiger partial charge in [0.25, 0.3) is 0 Å². The fourth-order valence-electron chi connectivity index (χ4n) is 2.26. The lowest BCUT2D eigenvalue weighted by molar-refractivity contribution is 0.0903. The van der Waals surface area contributed by atoms with Crippen molar-refractivity contribution in [2.45, 2.75) is 45.6 Å². The van der Waals surface area contributed by atoms with E-state index in [1.807, 2.05) is 0 Å². The first-order valence-corrected chi connectivity index (χ1v) is 6.06. The molecule has 0 aromatic rings. The molecule has 0 spiro atoms. The van der Waals surface area contributed by atoms with Crippen molar-refractivity contribution in [2.24, 2.45) is 5.41 Å². The Morgan fingerprint density at radius 1 is 1.40 bits per heavy atom. The molecule has 1 atom stereocenters. The van der Waals surface area contributed by atoms with Gasteiger partial charge >= 0.3 is 0 Å². The zero-order chi connectivity index (χ0) is 11.1. The Kier molecular flexibility index (Phi) is 5.58. The number of nitrogens with one attached hydrogen (secondary N) is 1. The first-order valence-electron chi connectivity index (χ1n) is 6.06. The minimum atomic E-state index is 0.129. The van der Waals surface area contributed by atoms with E-state index in [4.69, 9.17) is 9.84 Å². The second-order valence-electron chi connectivity index (χ2n) is 5.25. The topological polar surface area (TPSA) is 41.5 Å². The van der Waals surface area contributed by atoms with E-state index in [0.29, 0.717) is 18.1 Å². The van der Waals surface area contributed by atoms with Crippen molar-refractivity contribution in [3.05, 3.63) is 0 Å². The zero-order valence-corrected chi connectivity index (χ0v) is 10.1. The summed E-state index contributed by atoms with van der Waals surface area (Å²) in [4.78, 5) is 0. The molecule has 90 valence electrons. The molecule has 0 amide bonds. The highest BCUT2D eigenvalue weighted by molar-refractivity contribution is 4.86. The van der Waals surface area contributed by atoms with Gasteiger partial charge in [-0.15, -0.1) is 0 Å². The van der Waals surface area contributed by atoms with Crippen LogP contribution in [0.4, 0.5) is 0 Å². The molecule has 0 radical (unpaired) electrons. The van der Waals surface area contributed by atoms with Crippen LogP contribution in [0.1, 0.15) is 39.5 Å². The van der Waals surface area contributed by atoms with E-state index in [1.165, 1.54) is 19.3 Å². The Bertz CT molecular complexity index is 171. The first-order chi connectivity index (χ1) is 7.14. The lowest BCUT2D eigenvalue weighted by atomic mass is 9.92. The van der Waals surface area contributed by atoms with Crippen LogP contribution in [0.15, 0.2) is 0 Å². The van der Waals surface area contributed by atoms with Gasteiger partial charge in [-0.3, -0.25) is 0 Å². The van der Waals surface area contributed by atoms with Gasteiger partial charge in [0.2, 0.25) is 0 Å². The molecule has 2 N–H and O–H groups in total. The van der Waals surface area contributed by atoms with Gasteiger partial charge in [0.05, 0.1) is 13.2 Å². The lowest BCUT2D eigenvalue weighted by Gasteiger charge is -2.17. The van der Waals surface area contributed by atoms with Crippen LogP contribution >= 0.6 is 0 Å². The van der Waals surface area contributed by atoms with Gasteiger partial charge in [0.1, 0.15) is 0 Å². The zero-order valence-electron chi connectivity index (χ0n) is 10.1. The van der Waals surface area contributed by atoms with E-state index < -0.39 is 0 Å². The molecule has 0 saturated heterocycles. The van der Waals surface area contributed by atoms with E-state index in [2.05, 4.69) is 19.2 Å². The Labute approximate surface area is 93.2 Å². The molecule has 0 heterocycles. The maximum atomic E-state index is 8.51. The number of aliphatic hydroxyl groups is 1. The predicted octanol–water partition coefficient (Wildman–Crippen LogP) is 1.55. The molecule has 15 heavy (non-hydrogen) atoms. The van der Waals surface area contributed by atoms with Crippen LogP contribution in [0.3, 0.4) is 0 Å². The second kappa shape index (κ2) is 6.46. The van der Waals surface area contributed by atoms with E-state index in [0.717, 1.165) is 19.6 Å². The SMILES string of the molecule is CC1(C)CCC(NCCCOCCO)C1. The van der Waals surface area contributed by atoms with Gasteiger partial charge in [-0.1, -0.05) is 13.8 Å². The third-order valence-corrected chi connectivity index (χ3v) is 3.10. The third kappa shape index (κ3) is 5.50. The Morgan fingerprint density at radius 2 is 2.20 bits per heavy atom. The van der Waals surface area contributed by atoms with Gasteiger partial charge in [-0.05, 0) is 37.6 Å². The Balaban J connectivity index is 1.93. The molecule has 0 bridgehead atoms. The quantitative estimate of drug-likeness (QED) is 0.633. The van der Waals surface area contributed by atoms with Gasteiger partial charge in [-0.2, -0.15) is 0 Å². The van der Waals surface area contributed by atoms with Crippen LogP contribution < -0.4 is 5.32 Å². The molecule has 1 unspecified atom stereocenters. The highest BCUT2D eigenvalue weighted by atomic mass is 16.5. The fraction of sp³-hybridized carbons (Fsp3) is 1.00. The normalized spacial score (nSPS) is 24.6. The van der Waals surface area contributed by atoms with Crippen molar-refractivity contribution in [3.63, 3.8) is 0 Å². The molecule has 1 saturated carbocycles. The summed E-state index contributed by atoms with van der Waals surface area (Å²) in [5.74, 6) is 0. The average Bonchev–Trinajstić information content (AvgIpc) is 2.52. The molecule has 1 aliphatic carbocycles. The summed E-state index contributed by atoms with van der Waals surface area (Å²) in [5, 5.41) is 12.1. The van der Waals surface area contributed by atoms with Crippen molar-refractivity contribution < 1.29 is 9.84 Å². The van der Waals surface area contributed by atoms with Gasteiger partial charge in [0.15, 0.2) is 0 Å². The maximum Gasteiger partial charge on any atom is 0.0697 e. The molecular formula is C12H25NO2. The second-order valence-corrected chi connectivity index (χ2v) is 5.25. The molecule has 0 aliphatic heterocycles. The largest absolute Gasteiger partial charge is 0.394 e. The summed E-state index contributed by atoms with van der Waals surface area (Å²) in [6.07, 6.45) is 4.98.